The molecule has 0 radical (unpaired) electrons. The van der Waals surface area contributed by atoms with Gasteiger partial charge in [0.1, 0.15) is 0 Å². The van der Waals surface area contributed by atoms with Crippen LogP contribution in [0.25, 0.3) is 0 Å². The van der Waals surface area contributed by atoms with Crippen molar-refractivity contribution < 1.29 is 24.3 Å². The minimum absolute atomic E-state index is 0.130. The van der Waals surface area contributed by atoms with Crippen molar-refractivity contribution in [2.45, 2.75) is 12.6 Å². The molecule has 0 spiro atoms. The van der Waals surface area contributed by atoms with Crippen LogP contribution in [0.4, 0.5) is 0 Å². The zero-order chi connectivity index (χ0) is 12.0. The predicted octanol–water partition coefficient (Wildman–Crippen LogP) is -0.530. The average Bonchev–Trinajstić information content (AvgIpc) is 2.67. The highest BCUT2D eigenvalue weighted by molar-refractivity contribution is 5.85. The van der Waals surface area contributed by atoms with E-state index in [1.165, 1.54) is 13.2 Å². The Morgan fingerprint density at radius 2 is 2.50 bits per heavy atom. The summed E-state index contributed by atoms with van der Waals surface area (Å²) in [6.45, 7) is 0.877. The maximum absolute atomic E-state index is 10.5. The summed E-state index contributed by atoms with van der Waals surface area (Å²) in [5.74, 6) is -0.726. The molecule has 1 aromatic heterocycles. The number of methoxy groups -OCH3 is 1. The molecular weight excluding hydrogens is 216 g/mol. The van der Waals surface area contributed by atoms with Gasteiger partial charge < -0.3 is 24.8 Å². The molecule has 90 valence electrons. The number of aliphatic hydroxyl groups is 1. The summed E-state index contributed by atoms with van der Waals surface area (Å²) in [5, 5.41) is 24.1. The minimum Gasteiger partial charge on any atom is -0.476 e. The molecule has 1 rings (SSSR count). The Hall–Kier alpha value is -1.44. The van der Waals surface area contributed by atoms with Gasteiger partial charge in [-0.05, 0) is 0 Å². The summed E-state index contributed by atoms with van der Waals surface area (Å²) >= 11 is 0. The van der Waals surface area contributed by atoms with E-state index in [1.807, 2.05) is 0 Å². The summed E-state index contributed by atoms with van der Waals surface area (Å²) in [4.78, 5) is 10.5. The zero-order valence-corrected chi connectivity index (χ0v) is 8.84. The van der Waals surface area contributed by atoms with Crippen molar-refractivity contribution in [1.29, 1.82) is 0 Å². The van der Waals surface area contributed by atoms with E-state index >= 15 is 0 Å². The van der Waals surface area contributed by atoms with Crippen molar-refractivity contribution in [2.24, 2.45) is 0 Å². The lowest BCUT2D eigenvalue weighted by molar-refractivity contribution is 0.0640. The van der Waals surface area contributed by atoms with Crippen LogP contribution in [0, 0.1) is 0 Å². The highest BCUT2D eigenvalue weighted by Crippen LogP contribution is 2.02. The van der Waals surface area contributed by atoms with E-state index in [9.17, 15) is 9.90 Å². The van der Waals surface area contributed by atoms with Crippen LogP contribution in [-0.4, -0.2) is 47.7 Å². The standard InChI is InChI=1S/C9H14N2O5/c1-15-5-6(12)3-10-4-7-2-8(9(13)14)11-16-7/h2,6,10,12H,3-5H2,1H3,(H,13,14). The molecule has 3 N–H and O–H groups in total. The van der Waals surface area contributed by atoms with Crippen molar-refractivity contribution in [1.82, 2.24) is 10.5 Å². The first kappa shape index (κ1) is 12.6. The third-order valence-corrected chi connectivity index (χ3v) is 1.82. The Balaban J connectivity index is 2.29. The first-order valence-electron chi connectivity index (χ1n) is 4.70. The van der Waals surface area contributed by atoms with Crippen molar-refractivity contribution >= 4 is 5.97 Å². The van der Waals surface area contributed by atoms with E-state index in [4.69, 9.17) is 14.4 Å². The number of aromatic nitrogens is 1. The Bertz CT molecular complexity index is 338. The van der Waals surface area contributed by atoms with Gasteiger partial charge in [0, 0.05) is 19.7 Å². The molecule has 7 nitrogen and oxygen atoms in total. The van der Waals surface area contributed by atoms with Crippen LogP contribution < -0.4 is 5.32 Å². The van der Waals surface area contributed by atoms with Crippen molar-refractivity contribution in [2.75, 3.05) is 20.3 Å². The van der Waals surface area contributed by atoms with Crippen LogP contribution in [0.3, 0.4) is 0 Å². The molecule has 0 aliphatic carbocycles. The smallest absolute Gasteiger partial charge is 0.358 e. The number of rotatable bonds is 7. The number of nitrogens with one attached hydrogen (secondary N) is 1. The van der Waals surface area contributed by atoms with Gasteiger partial charge >= 0.3 is 5.97 Å². The lowest BCUT2D eigenvalue weighted by atomic mass is 10.3. The second kappa shape index (κ2) is 6.21. The fourth-order valence-electron chi connectivity index (χ4n) is 1.11. The topological polar surface area (TPSA) is 105 Å². The second-order valence-corrected chi connectivity index (χ2v) is 3.22. The first-order valence-corrected chi connectivity index (χ1v) is 4.70. The molecular formula is C9H14N2O5. The SMILES string of the molecule is COCC(O)CNCc1cc(C(=O)O)no1. The molecule has 0 saturated carbocycles. The number of aromatic carboxylic acids is 1. The van der Waals surface area contributed by atoms with Gasteiger partial charge in [0.25, 0.3) is 0 Å². The predicted molar refractivity (Wildman–Crippen MR) is 53.1 cm³/mol. The lowest BCUT2D eigenvalue weighted by Crippen LogP contribution is -2.29. The quantitative estimate of drug-likeness (QED) is 0.578. The molecule has 1 unspecified atom stereocenters. The van der Waals surface area contributed by atoms with Crippen LogP contribution in [0.5, 0.6) is 0 Å². The zero-order valence-electron chi connectivity index (χ0n) is 8.84. The van der Waals surface area contributed by atoms with E-state index in [1.54, 1.807) is 0 Å². The average molecular weight is 230 g/mol. The van der Waals surface area contributed by atoms with Crippen molar-refractivity contribution in [3.05, 3.63) is 17.5 Å². The van der Waals surface area contributed by atoms with E-state index in [2.05, 4.69) is 10.5 Å². The summed E-state index contributed by atoms with van der Waals surface area (Å²) in [7, 11) is 1.50. The van der Waals surface area contributed by atoms with Crippen LogP contribution in [0.2, 0.25) is 0 Å². The molecule has 1 heterocycles. The largest absolute Gasteiger partial charge is 0.476 e. The number of hydrogen-bond acceptors (Lipinski definition) is 6. The molecule has 0 aliphatic heterocycles. The van der Waals surface area contributed by atoms with Gasteiger partial charge in [-0.2, -0.15) is 0 Å². The van der Waals surface area contributed by atoms with Crippen LogP contribution in [0.15, 0.2) is 10.6 Å². The summed E-state index contributed by atoms with van der Waals surface area (Å²) in [6, 6.07) is 1.33. The Morgan fingerprint density at radius 1 is 1.75 bits per heavy atom. The van der Waals surface area contributed by atoms with Crippen LogP contribution in [0.1, 0.15) is 16.2 Å². The molecule has 0 aromatic carbocycles. The first-order chi connectivity index (χ1) is 7.63. The summed E-state index contributed by atoms with van der Waals surface area (Å²) in [5.41, 5.74) is -0.130. The van der Waals surface area contributed by atoms with Gasteiger partial charge in [-0.25, -0.2) is 4.79 Å². The fraction of sp³-hybridized carbons (Fsp3) is 0.556. The number of hydrogen-bond donors (Lipinski definition) is 3. The van der Waals surface area contributed by atoms with Gasteiger partial charge in [-0.3, -0.25) is 0 Å². The molecule has 0 bridgehead atoms. The maximum atomic E-state index is 10.5. The third-order valence-electron chi connectivity index (χ3n) is 1.82. The molecule has 0 fully saturated rings. The minimum atomic E-state index is -1.13. The van der Waals surface area contributed by atoms with E-state index < -0.39 is 12.1 Å². The number of carboxylic acid groups (broad SMARTS) is 1. The fourth-order valence-corrected chi connectivity index (χ4v) is 1.11. The summed E-state index contributed by atoms with van der Waals surface area (Å²) < 4.78 is 9.50. The maximum Gasteiger partial charge on any atom is 0.358 e. The monoisotopic (exact) mass is 230 g/mol. The van der Waals surface area contributed by atoms with Gasteiger partial charge in [-0.15, -0.1) is 0 Å². The molecule has 0 amide bonds. The molecule has 1 atom stereocenters. The van der Waals surface area contributed by atoms with Crippen LogP contribution in [-0.2, 0) is 11.3 Å². The molecule has 1 aromatic rings. The number of carbonyl (C=O) groups is 1. The number of ether oxygens (including phenoxy) is 1. The Labute approximate surface area is 92.0 Å². The number of nitrogens with zero attached hydrogens (tertiary/aromatic N) is 1. The molecule has 0 aliphatic rings. The van der Waals surface area contributed by atoms with E-state index in [0.717, 1.165) is 0 Å². The lowest BCUT2D eigenvalue weighted by Gasteiger charge is -2.08. The van der Waals surface area contributed by atoms with E-state index in [-0.39, 0.29) is 12.3 Å². The van der Waals surface area contributed by atoms with Gasteiger partial charge in [0.05, 0.1) is 19.3 Å². The normalized spacial score (nSPS) is 12.6. The van der Waals surface area contributed by atoms with Gasteiger partial charge in [0.15, 0.2) is 11.5 Å². The van der Waals surface area contributed by atoms with Crippen molar-refractivity contribution in [3.8, 4) is 0 Å². The number of aliphatic hydroxyl groups excluding tert-OH is 1. The molecule has 16 heavy (non-hydrogen) atoms. The van der Waals surface area contributed by atoms with Crippen LogP contribution >= 0.6 is 0 Å². The van der Waals surface area contributed by atoms with Crippen molar-refractivity contribution in [3.63, 3.8) is 0 Å². The second-order valence-electron chi connectivity index (χ2n) is 3.22. The van der Waals surface area contributed by atoms with Gasteiger partial charge in [0.2, 0.25) is 0 Å². The summed E-state index contributed by atoms with van der Waals surface area (Å²) in [6.07, 6.45) is -0.605. The van der Waals surface area contributed by atoms with E-state index in [0.29, 0.717) is 18.8 Å². The molecule has 0 saturated heterocycles. The Morgan fingerprint density at radius 3 is 3.06 bits per heavy atom. The third kappa shape index (κ3) is 3.97. The highest BCUT2D eigenvalue weighted by Gasteiger charge is 2.10. The molecule has 7 heteroatoms. The number of carboxylic acids is 1. The Kier molecular flexibility index (Phi) is 4.90. The van der Waals surface area contributed by atoms with Gasteiger partial charge in [-0.1, -0.05) is 5.16 Å². The highest BCUT2D eigenvalue weighted by atomic mass is 16.5.